The van der Waals surface area contributed by atoms with Gasteiger partial charge in [0.05, 0.1) is 28.4 Å². The Labute approximate surface area is 170 Å². The van der Waals surface area contributed by atoms with Crippen molar-refractivity contribution in [1.29, 1.82) is 5.26 Å². The number of imidazole rings is 1. The molecule has 0 atom stereocenters. The number of amides is 1. The van der Waals surface area contributed by atoms with Crippen LogP contribution in [-0.2, 0) is 23.6 Å². The smallest absolute Gasteiger partial charge is 0.242 e. The van der Waals surface area contributed by atoms with Crippen LogP contribution in [0.3, 0.4) is 0 Å². The molecular formula is C22H24N4OS. The number of fused-ring (bicyclic) bond motifs is 1. The van der Waals surface area contributed by atoms with Crippen molar-refractivity contribution in [2.75, 3.05) is 12.8 Å². The molecule has 3 aromatic rings. The Kier molecular flexibility index (Phi) is 6.72. The Morgan fingerprint density at radius 3 is 2.64 bits per heavy atom. The second-order valence-corrected chi connectivity index (χ2v) is 7.53. The van der Waals surface area contributed by atoms with Crippen molar-refractivity contribution < 1.29 is 4.79 Å². The summed E-state index contributed by atoms with van der Waals surface area (Å²) in [6.45, 7) is 3.60. The van der Waals surface area contributed by atoms with Crippen molar-refractivity contribution >= 4 is 28.7 Å². The lowest BCUT2D eigenvalue weighted by atomic mass is 10.1. The van der Waals surface area contributed by atoms with Crippen LogP contribution in [0.1, 0.15) is 30.3 Å². The summed E-state index contributed by atoms with van der Waals surface area (Å²) < 4.78 is 2.04. The number of hydrogen-bond acceptors (Lipinski definition) is 4. The molecule has 0 bridgehead atoms. The molecule has 0 aliphatic heterocycles. The number of thioether (sulfide) groups is 1. The van der Waals surface area contributed by atoms with Crippen molar-refractivity contribution in [3.8, 4) is 6.07 Å². The number of rotatable bonds is 8. The second-order valence-electron chi connectivity index (χ2n) is 6.66. The minimum absolute atomic E-state index is 0.0803. The largest absolute Gasteiger partial charge is 0.337 e. The Bertz CT molecular complexity index is 988. The van der Waals surface area contributed by atoms with Crippen LogP contribution in [0.5, 0.6) is 0 Å². The van der Waals surface area contributed by atoms with Crippen molar-refractivity contribution in [1.82, 2.24) is 14.5 Å². The van der Waals surface area contributed by atoms with E-state index in [0.717, 1.165) is 34.6 Å². The molecule has 0 fully saturated rings. The lowest BCUT2D eigenvalue weighted by Gasteiger charge is -2.23. The first-order valence-corrected chi connectivity index (χ1v) is 10.8. The second kappa shape index (κ2) is 9.43. The third kappa shape index (κ3) is 4.55. The summed E-state index contributed by atoms with van der Waals surface area (Å²) in [5, 5.41) is 8.96. The van der Waals surface area contributed by atoms with Gasteiger partial charge in [0.1, 0.15) is 12.4 Å². The van der Waals surface area contributed by atoms with Gasteiger partial charge >= 0.3 is 0 Å². The molecule has 1 amide bonds. The molecule has 28 heavy (non-hydrogen) atoms. The molecule has 0 saturated heterocycles. The first-order chi connectivity index (χ1) is 13.7. The van der Waals surface area contributed by atoms with Gasteiger partial charge in [-0.1, -0.05) is 31.2 Å². The number of nitriles is 1. The van der Waals surface area contributed by atoms with Gasteiger partial charge in [-0.15, -0.1) is 0 Å². The van der Waals surface area contributed by atoms with Gasteiger partial charge in [-0.05, 0) is 42.5 Å². The lowest BCUT2D eigenvalue weighted by Crippen LogP contribution is -2.34. The van der Waals surface area contributed by atoms with E-state index in [1.165, 1.54) is 0 Å². The highest BCUT2D eigenvalue weighted by atomic mass is 32.2. The van der Waals surface area contributed by atoms with Gasteiger partial charge in [0, 0.05) is 13.1 Å². The molecule has 0 N–H and O–H groups in total. The maximum absolute atomic E-state index is 13.1. The minimum Gasteiger partial charge on any atom is -0.337 e. The van der Waals surface area contributed by atoms with Crippen LogP contribution >= 0.6 is 11.8 Å². The zero-order chi connectivity index (χ0) is 19.9. The summed E-state index contributed by atoms with van der Waals surface area (Å²) in [5.74, 6) is 1.78. The first kappa shape index (κ1) is 20.0. The molecule has 2 aromatic carbocycles. The molecule has 0 radical (unpaired) electrons. The maximum atomic E-state index is 13.1. The number of para-hydroxylation sites is 2. The van der Waals surface area contributed by atoms with E-state index < -0.39 is 0 Å². The normalized spacial score (nSPS) is 10.8. The zero-order valence-electron chi connectivity index (χ0n) is 16.3. The van der Waals surface area contributed by atoms with Crippen LogP contribution in [-0.4, -0.2) is 33.2 Å². The lowest BCUT2D eigenvalue weighted by molar-refractivity contribution is -0.132. The summed E-state index contributed by atoms with van der Waals surface area (Å²) in [5.41, 5.74) is 3.58. The van der Waals surface area contributed by atoms with Gasteiger partial charge < -0.3 is 9.47 Å². The quantitative estimate of drug-likeness (QED) is 0.576. The van der Waals surface area contributed by atoms with E-state index in [0.29, 0.717) is 18.7 Å². The van der Waals surface area contributed by atoms with Crippen LogP contribution in [0.2, 0.25) is 0 Å². The summed E-state index contributed by atoms with van der Waals surface area (Å²) in [4.78, 5) is 19.7. The van der Waals surface area contributed by atoms with E-state index in [-0.39, 0.29) is 12.5 Å². The Morgan fingerprint density at radius 1 is 1.21 bits per heavy atom. The third-order valence-electron chi connectivity index (χ3n) is 4.60. The standard InChI is InChI=1S/C22H24N4OS/c1-3-12-25(14-18-10-8-17(13-23)9-11-18)22(27)15-26-20-7-5-4-6-19(20)24-21(26)16-28-2/h4-11H,3,12,14-16H2,1-2H3. The summed E-state index contributed by atoms with van der Waals surface area (Å²) >= 11 is 1.70. The number of benzene rings is 2. The number of nitrogens with zero attached hydrogens (tertiary/aromatic N) is 4. The predicted molar refractivity (Wildman–Crippen MR) is 114 cm³/mol. The average Bonchev–Trinajstić information content (AvgIpc) is 3.05. The molecule has 1 aromatic heterocycles. The van der Waals surface area contributed by atoms with Crippen LogP contribution in [0.4, 0.5) is 0 Å². The molecule has 0 saturated carbocycles. The summed E-state index contributed by atoms with van der Waals surface area (Å²) in [7, 11) is 0. The van der Waals surface area contributed by atoms with E-state index in [1.807, 2.05) is 52.1 Å². The average molecular weight is 393 g/mol. The third-order valence-corrected chi connectivity index (χ3v) is 5.15. The maximum Gasteiger partial charge on any atom is 0.242 e. The summed E-state index contributed by atoms with van der Waals surface area (Å²) in [6.07, 6.45) is 2.93. The molecule has 144 valence electrons. The fourth-order valence-corrected chi connectivity index (χ4v) is 3.72. The molecule has 0 spiro atoms. The Balaban J connectivity index is 1.83. The van der Waals surface area contributed by atoms with E-state index in [1.54, 1.807) is 23.9 Å². The highest BCUT2D eigenvalue weighted by Crippen LogP contribution is 2.19. The van der Waals surface area contributed by atoms with Crippen molar-refractivity contribution in [2.45, 2.75) is 32.2 Å². The number of carbonyl (C=O) groups is 1. The predicted octanol–water partition coefficient (Wildman–Crippen LogP) is 4.21. The van der Waals surface area contributed by atoms with E-state index in [9.17, 15) is 4.79 Å². The van der Waals surface area contributed by atoms with Gasteiger partial charge in [-0.25, -0.2) is 4.98 Å². The monoisotopic (exact) mass is 392 g/mol. The molecule has 0 aliphatic rings. The molecule has 0 unspecified atom stereocenters. The van der Waals surface area contributed by atoms with Crippen LogP contribution in [0.15, 0.2) is 48.5 Å². The van der Waals surface area contributed by atoms with Crippen LogP contribution in [0.25, 0.3) is 11.0 Å². The van der Waals surface area contributed by atoms with E-state index in [4.69, 9.17) is 10.2 Å². The zero-order valence-corrected chi connectivity index (χ0v) is 17.1. The van der Waals surface area contributed by atoms with Gasteiger partial charge in [0.25, 0.3) is 0 Å². The molecule has 5 nitrogen and oxygen atoms in total. The Morgan fingerprint density at radius 2 is 1.96 bits per heavy atom. The van der Waals surface area contributed by atoms with Gasteiger partial charge in [-0.2, -0.15) is 17.0 Å². The van der Waals surface area contributed by atoms with Crippen molar-refractivity contribution in [3.63, 3.8) is 0 Å². The van der Waals surface area contributed by atoms with Gasteiger partial charge in [-0.3, -0.25) is 4.79 Å². The summed E-state index contributed by atoms with van der Waals surface area (Å²) in [6, 6.07) is 17.5. The number of carbonyl (C=O) groups excluding carboxylic acids is 1. The van der Waals surface area contributed by atoms with E-state index >= 15 is 0 Å². The fourth-order valence-electron chi connectivity index (χ4n) is 3.24. The Hall–Kier alpha value is -2.78. The number of aromatic nitrogens is 2. The van der Waals surface area contributed by atoms with E-state index in [2.05, 4.69) is 13.0 Å². The van der Waals surface area contributed by atoms with Crippen LogP contribution < -0.4 is 0 Å². The van der Waals surface area contributed by atoms with Gasteiger partial charge in [0.15, 0.2) is 0 Å². The molecule has 0 aliphatic carbocycles. The van der Waals surface area contributed by atoms with Gasteiger partial charge in [0.2, 0.25) is 5.91 Å². The number of hydrogen-bond donors (Lipinski definition) is 0. The highest BCUT2D eigenvalue weighted by molar-refractivity contribution is 7.97. The SMILES string of the molecule is CCCN(Cc1ccc(C#N)cc1)C(=O)Cn1c(CSC)nc2ccccc21. The fraction of sp³-hybridized carbons (Fsp3) is 0.318. The molecule has 6 heteroatoms. The van der Waals surface area contributed by atoms with Crippen molar-refractivity contribution in [2.24, 2.45) is 0 Å². The molecular weight excluding hydrogens is 368 g/mol. The molecule has 3 rings (SSSR count). The first-order valence-electron chi connectivity index (χ1n) is 9.36. The highest BCUT2D eigenvalue weighted by Gasteiger charge is 2.18. The topological polar surface area (TPSA) is 61.9 Å². The minimum atomic E-state index is 0.0803. The van der Waals surface area contributed by atoms with Crippen molar-refractivity contribution in [3.05, 3.63) is 65.5 Å². The van der Waals surface area contributed by atoms with Crippen LogP contribution in [0, 0.1) is 11.3 Å². The molecule has 1 heterocycles.